The van der Waals surface area contributed by atoms with Gasteiger partial charge in [-0.05, 0) is 31.6 Å². The molecule has 0 amide bonds. The fourth-order valence-electron chi connectivity index (χ4n) is 2.19. The molecule has 2 N–H and O–H groups in total. The summed E-state index contributed by atoms with van der Waals surface area (Å²) in [5.41, 5.74) is 0.429. The van der Waals surface area contributed by atoms with Gasteiger partial charge in [0.1, 0.15) is 12.7 Å². The van der Waals surface area contributed by atoms with E-state index in [0.29, 0.717) is 23.3 Å². The summed E-state index contributed by atoms with van der Waals surface area (Å²) in [7, 11) is 0. The minimum absolute atomic E-state index is 0.429. The van der Waals surface area contributed by atoms with Crippen LogP contribution in [0, 0.1) is 5.41 Å². The van der Waals surface area contributed by atoms with E-state index in [0.717, 1.165) is 13.1 Å². The summed E-state index contributed by atoms with van der Waals surface area (Å²) in [6.07, 6.45) is 6.76. The van der Waals surface area contributed by atoms with Crippen LogP contribution in [0.15, 0.2) is 12.7 Å². The average Bonchev–Trinajstić information content (AvgIpc) is 3.07. The molecule has 3 rings (SSSR count). The third kappa shape index (κ3) is 3.09. The van der Waals surface area contributed by atoms with Crippen LogP contribution in [0.3, 0.4) is 0 Å². The molecular formula is C13H20N8. The van der Waals surface area contributed by atoms with E-state index in [2.05, 4.69) is 42.6 Å². The highest BCUT2D eigenvalue weighted by Crippen LogP contribution is 2.48. The molecule has 2 aromatic rings. The van der Waals surface area contributed by atoms with Crippen LogP contribution in [0.25, 0.3) is 5.95 Å². The van der Waals surface area contributed by atoms with Crippen LogP contribution in [0.2, 0.25) is 0 Å². The molecule has 0 bridgehead atoms. The van der Waals surface area contributed by atoms with E-state index in [1.165, 1.54) is 30.3 Å². The van der Waals surface area contributed by atoms with Crippen molar-refractivity contribution in [3.8, 4) is 5.95 Å². The summed E-state index contributed by atoms with van der Waals surface area (Å²) >= 11 is 0. The Balaban J connectivity index is 1.81. The van der Waals surface area contributed by atoms with Gasteiger partial charge in [-0.3, -0.25) is 0 Å². The molecule has 0 aromatic carbocycles. The van der Waals surface area contributed by atoms with Gasteiger partial charge in [0.25, 0.3) is 5.95 Å². The number of hydrogen-bond acceptors (Lipinski definition) is 7. The standard InChI is InChI=1S/C13H20N8/c1-3-13(5-6-13)7-16-11-18-10(15-4-2)19-12(20-11)21-9-14-8-17-21/h8-9H,3-7H2,1-2H3,(H2,15,16,18,19,20). The Labute approximate surface area is 123 Å². The second kappa shape index (κ2) is 5.63. The van der Waals surface area contributed by atoms with Gasteiger partial charge in [-0.15, -0.1) is 0 Å². The fourth-order valence-corrected chi connectivity index (χ4v) is 2.19. The van der Waals surface area contributed by atoms with Crippen LogP contribution < -0.4 is 10.6 Å². The quantitative estimate of drug-likeness (QED) is 0.797. The Hall–Kier alpha value is -2.25. The highest BCUT2D eigenvalue weighted by Gasteiger charge is 2.40. The van der Waals surface area contributed by atoms with Crippen molar-refractivity contribution in [1.29, 1.82) is 0 Å². The van der Waals surface area contributed by atoms with Crippen molar-refractivity contribution in [2.75, 3.05) is 23.7 Å². The molecule has 0 spiro atoms. The number of nitrogens with one attached hydrogen (secondary N) is 2. The van der Waals surface area contributed by atoms with Gasteiger partial charge in [0.05, 0.1) is 0 Å². The van der Waals surface area contributed by atoms with Crippen molar-refractivity contribution < 1.29 is 0 Å². The highest BCUT2D eigenvalue weighted by molar-refractivity contribution is 5.38. The van der Waals surface area contributed by atoms with Gasteiger partial charge >= 0.3 is 0 Å². The minimum Gasteiger partial charge on any atom is -0.354 e. The lowest BCUT2D eigenvalue weighted by Crippen LogP contribution is -2.18. The summed E-state index contributed by atoms with van der Waals surface area (Å²) < 4.78 is 1.53. The highest BCUT2D eigenvalue weighted by atomic mass is 15.4. The lowest BCUT2D eigenvalue weighted by atomic mass is 10.0. The number of nitrogens with zero attached hydrogens (tertiary/aromatic N) is 6. The molecule has 1 saturated carbocycles. The van der Waals surface area contributed by atoms with Gasteiger partial charge in [0.15, 0.2) is 0 Å². The SMILES string of the molecule is CCNc1nc(NCC2(CC)CC2)nc(-n2cncn2)n1. The Morgan fingerprint density at radius 3 is 2.48 bits per heavy atom. The largest absolute Gasteiger partial charge is 0.354 e. The third-order valence-corrected chi connectivity index (χ3v) is 3.91. The molecule has 1 aliphatic rings. The van der Waals surface area contributed by atoms with Crippen molar-refractivity contribution in [1.82, 2.24) is 29.7 Å². The first-order valence-corrected chi connectivity index (χ1v) is 7.33. The van der Waals surface area contributed by atoms with Crippen LogP contribution in [-0.4, -0.2) is 42.8 Å². The molecule has 112 valence electrons. The molecular weight excluding hydrogens is 268 g/mol. The van der Waals surface area contributed by atoms with Crippen molar-refractivity contribution in [2.24, 2.45) is 5.41 Å². The third-order valence-electron chi connectivity index (χ3n) is 3.91. The smallest absolute Gasteiger partial charge is 0.258 e. The van der Waals surface area contributed by atoms with Crippen LogP contribution in [0.5, 0.6) is 0 Å². The molecule has 1 fully saturated rings. The maximum atomic E-state index is 4.41. The Morgan fingerprint density at radius 2 is 1.90 bits per heavy atom. The first kappa shape index (κ1) is 13.7. The normalized spacial score (nSPS) is 15.7. The maximum Gasteiger partial charge on any atom is 0.258 e. The fraction of sp³-hybridized carbons (Fsp3) is 0.615. The first-order chi connectivity index (χ1) is 10.2. The molecule has 2 heterocycles. The molecule has 0 radical (unpaired) electrons. The second-order valence-electron chi connectivity index (χ2n) is 5.36. The summed E-state index contributed by atoms with van der Waals surface area (Å²) in [6, 6.07) is 0. The van der Waals surface area contributed by atoms with Crippen molar-refractivity contribution in [3.63, 3.8) is 0 Å². The van der Waals surface area contributed by atoms with Crippen molar-refractivity contribution in [3.05, 3.63) is 12.7 Å². The van der Waals surface area contributed by atoms with Gasteiger partial charge in [-0.1, -0.05) is 6.92 Å². The first-order valence-electron chi connectivity index (χ1n) is 7.33. The number of aromatic nitrogens is 6. The zero-order valence-electron chi connectivity index (χ0n) is 12.4. The van der Waals surface area contributed by atoms with Gasteiger partial charge in [-0.25, -0.2) is 4.98 Å². The average molecular weight is 288 g/mol. The zero-order valence-corrected chi connectivity index (χ0v) is 12.4. The van der Waals surface area contributed by atoms with E-state index in [1.54, 1.807) is 6.33 Å². The maximum absolute atomic E-state index is 4.41. The van der Waals surface area contributed by atoms with E-state index < -0.39 is 0 Å². The van der Waals surface area contributed by atoms with Gasteiger partial charge in [-0.2, -0.15) is 24.7 Å². The van der Waals surface area contributed by atoms with Crippen LogP contribution in [-0.2, 0) is 0 Å². The number of rotatable bonds is 7. The minimum atomic E-state index is 0.429. The Kier molecular flexibility index (Phi) is 3.68. The Bertz CT molecular complexity index is 590. The second-order valence-corrected chi connectivity index (χ2v) is 5.36. The van der Waals surface area contributed by atoms with E-state index in [-0.39, 0.29) is 0 Å². The molecule has 21 heavy (non-hydrogen) atoms. The Morgan fingerprint density at radius 1 is 1.14 bits per heavy atom. The van der Waals surface area contributed by atoms with Gasteiger partial charge in [0.2, 0.25) is 11.9 Å². The molecule has 8 nitrogen and oxygen atoms in total. The topological polar surface area (TPSA) is 93.4 Å². The van der Waals surface area contributed by atoms with Crippen LogP contribution in [0.4, 0.5) is 11.9 Å². The zero-order chi connectivity index (χ0) is 14.7. The van der Waals surface area contributed by atoms with E-state index >= 15 is 0 Å². The van der Waals surface area contributed by atoms with E-state index in [9.17, 15) is 0 Å². The van der Waals surface area contributed by atoms with Crippen LogP contribution in [0.1, 0.15) is 33.1 Å². The summed E-state index contributed by atoms with van der Waals surface area (Å²) in [4.78, 5) is 17.1. The molecule has 0 saturated heterocycles. The molecule has 2 aromatic heterocycles. The lowest BCUT2D eigenvalue weighted by molar-refractivity contribution is 0.519. The molecule has 0 atom stereocenters. The molecule has 0 aliphatic heterocycles. The number of anilines is 2. The van der Waals surface area contributed by atoms with Crippen molar-refractivity contribution in [2.45, 2.75) is 33.1 Å². The summed E-state index contributed by atoms with van der Waals surface area (Å²) in [5.74, 6) is 1.58. The van der Waals surface area contributed by atoms with Crippen molar-refractivity contribution >= 4 is 11.9 Å². The summed E-state index contributed by atoms with van der Waals surface area (Å²) in [6.45, 7) is 5.88. The predicted molar refractivity (Wildman–Crippen MR) is 79.4 cm³/mol. The van der Waals surface area contributed by atoms with Gasteiger partial charge in [0, 0.05) is 13.1 Å². The van der Waals surface area contributed by atoms with E-state index in [4.69, 9.17) is 0 Å². The lowest BCUT2D eigenvalue weighted by Gasteiger charge is -2.14. The molecule has 0 unspecified atom stereocenters. The molecule has 1 aliphatic carbocycles. The van der Waals surface area contributed by atoms with Gasteiger partial charge < -0.3 is 10.6 Å². The monoisotopic (exact) mass is 288 g/mol. The summed E-state index contributed by atoms with van der Waals surface area (Å²) in [5, 5.41) is 10.5. The van der Waals surface area contributed by atoms with Crippen LogP contribution >= 0.6 is 0 Å². The van der Waals surface area contributed by atoms with E-state index in [1.807, 2.05) is 6.92 Å². The predicted octanol–water partition coefficient (Wildman–Crippen LogP) is 1.49. The number of hydrogen-bond donors (Lipinski definition) is 2. The molecule has 8 heteroatoms.